The number of anilines is 2. The average Bonchev–Trinajstić information content (AvgIpc) is 2.69. The Labute approximate surface area is 108 Å². The zero-order valence-electron chi connectivity index (χ0n) is 11.1. The highest BCUT2D eigenvalue weighted by Crippen LogP contribution is 2.19. The van der Waals surface area contributed by atoms with E-state index in [9.17, 15) is 4.79 Å². The molecule has 1 aliphatic rings. The van der Waals surface area contributed by atoms with Crippen LogP contribution in [0.1, 0.15) is 18.9 Å². The van der Waals surface area contributed by atoms with Crippen LogP contribution in [-0.4, -0.2) is 30.4 Å². The van der Waals surface area contributed by atoms with E-state index in [-0.39, 0.29) is 5.91 Å². The van der Waals surface area contributed by atoms with E-state index >= 15 is 0 Å². The summed E-state index contributed by atoms with van der Waals surface area (Å²) in [4.78, 5) is 14.1. The van der Waals surface area contributed by atoms with Crippen LogP contribution in [0.15, 0.2) is 18.2 Å². The number of carbonyl (C=O) groups excluding carboxylic acids is 1. The van der Waals surface area contributed by atoms with Crippen molar-refractivity contribution in [2.24, 2.45) is 5.92 Å². The Hall–Kier alpha value is -1.55. The Morgan fingerprint density at radius 2 is 2.33 bits per heavy atom. The van der Waals surface area contributed by atoms with Crippen molar-refractivity contribution in [1.82, 2.24) is 4.90 Å². The van der Waals surface area contributed by atoms with Crippen molar-refractivity contribution in [3.05, 3.63) is 23.8 Å². The van der Waals surface area contributed by atoms with E-state index in [1.54, 1.807) is 6.07 Å². The summed E-state index contributed by atoms with van der Waals surface area (Å²) in [7, 11) is 0. The molecule has 1 aliphatic heterocycles. The summed E-state index contributed by atoms with van der Waals surface area (Å²) in [5.41, 5.74) is 8.24. The van der Waals surface area contributed by atoms with Gasteiger partial charge in [0.15, 0.2) is 0 Å². The highest BCUT2D eigenvalue weighted by Gasteiger charge is 2.20. The number of hydrogen-bond donors (Lipinski definition) is 2. The van der Waals surface area contributed by atoms with Gasteiger partial charge in [0.1, 0.15) is 0 Å². The van der Waals surface area contributed by atoms with E-state index in [4.69, 9.17) is 5.73 Å². The first-order valence-corrected chi connectivity index (χ1v) is 6.43. The van der Waals surface area contributed by atoms with E-state index in [1.165, 1.54) is 6.42 Å². The Bertz CT molecular complexity index is 445. The number of likely N-dealkylation sites (tertiary alicyclic amines) is 1. The molecule has 1 unspecified atom stereocenters. The number of carbonyl (C=O) groups is 1. The van der Waals surface area contributed by atoms with Gasteiger partial charge in [0.05, 0.1) is 6.54 Å². The number of aryl methyl sites for hydroxylation is 1. The van der Waals surface area contributed by atoms with Crippen molar-refractivity contribution in [3.8, 4) is 0 Å². The summed E-state index contributed by atoms with van der Waals surface area (Å²) in [6.07, 6.45) is 1.19. The van der Waals surface area contributed by atoms with Crippen molar-refractivity contribution >= 4 is 17.3 Å². The highest BCUT2D eigenvalue weighted by molar-refractivity contribution is 5.93. The van der Waals surface area contributed by atoms with Crippen molar-refractivity contribution in [2.75, 3.05) is 30.7 Å². The number of rotatable bonds is 3. The fraction of sp³-hybridized carbons (Fsp3) is 0.500. The van der Waals surface area contributed by atoms with E-state index in [1.807, 2.05) is 19.1 Å². The third-order valence-electron chi connectivity index (χ3n) is 3.41. The summed E-state index contributed by atoms with van der Waals surface area (Å²) in [5.74, 6) is 0.740. The van der Waals surface area contributed by atoms with Crippen LogP contribution in [0.5, 0.6) is 0 Å². The first-order valence-electron chi connectivity index (χ1n) is 6.43. The molecule has 0 aromatic heterocycles. The SMILES string of the molecule is Cc1ccc(N)cc1NC(=O)CN1CCC(C)C1. The zero-order valence-corrected chi connectivity index (χ0v) is 11.1. The van der Waals surface area contributed by atoms with Crippen LogP contribution in [0, 0.1) is 12.8 Å². The van der Waals surface area contributed by atoms with E-state index < -0.39 is 0 Å². The number of benzene rings is 1. The largest absolute Gasteiger partial charge is 0.399 e. The van der Waals surface area contributed by atoms with Gasteiger partial charge in [0.25, 0.3) is 0 Å². The van der Waals surface area contributed by atoms with Gasteiger partial charge in [-0.15, -0.1) is 0 Å². The molecule has 0 bridgehead atoms. The van der Waals surface area contributed by atoms with Crippen molar-refractivity contribution in [1.29, 1.82) is 0 Å². The maximum atomic E-state index is 11.9. The summed E-state index contributed by atoms with van der Waals surface area (Å²) in [6, 6.07) is 5.57. The molecule has 0 saturated carbocycles. The smallest absolute Gasteiger partial charge is 0.238 e. The molecule has 4 nitrogen and oxygen atoms in total. The lowest BCUT2D eigenvalue weighted by atomic mass is 10.2. The molecule has 98 valence electrons. The second-order valence-corrected chi connectivity index (χ2v) is 5.25. The van der Waals surface area contributed by atoms with Crippen LogP contribution in [-0.2, 0) is 4.79 Å². The van der Waals surface area contributed by atoms with Gasteiger partial charge in [-0.2, -0.15) is 0 Å². The van der Waals surface area contributed by atoms with E-state index in [0.29, 0.717) is 18.2 Å². The number of nitrogens with two attached hydrogens (primary N) is 1. The third-order valence-corrected chi connectivity index (χ3v) is 3.41. The summed E-state index contributed by atoms with van der Waals surface area (Å²) < 4.78 is 0. The molecule has 18 heavy (non-hydrogen) atoms. The molecule has 2 rings (SSSR count). The minimum Gasteiger partial charge on any atom is -0.399 e. The maximum absolute atomic E-state index is 11.9. The Morgan fingerprint density at radius 3 is 3.00 bits per heavy atom. The second-order valence-electron chi connectivity index (χ2n) is 5.25. The Balaban J connectivity index is 1.92. The number of nitrogens with one attached hydrogen (secondary N) is 1. The lowest BCUT2D eigenvalue weighted by Crippen LogP contribution is -2.31. The van der Waals surface area contributed by atoms with Gasteiger partial charge in [0.2, 0.25) is 5.91 Å². The van der Waals surface area contributed by atoms with Gasteiger partial charge in [-0.05, 0) is 43.5 Å². The molecule has 0 spiro atoms. The minimum atomic E-state index is 0.0396. The van der Waals surface area contributed by atoms with Crippen LogP contribution in [0.2, 0.25) is 0 Å². The molecule has 1 aromatic carbocycles. The zero-order chi connectivity index (χ0) is 13.1. The van der Waals surface area contributed by atoms with Crippen LogP contribution < -0.4 is 11.1 Å². The van der Waals surface area contributed by atoms with Crippen molar-refractivity contribution < 1.29 is 4.79 Å². The molecule has 1 atom stereocenters. The summed E-state index contributed by atoms with van der Waals surface area (Å²) in [6.45, 7) is 6.69. The second kappa shape index (κ2) is 5.40. The fourth-order valence-corrected chi connectivity index (χ4v) is 2.34. The molecule has 1 amide bonds. The highest BCUT2D eigenvalue weighted by atomic mass is 16.2. The molecule has 1 saturated heterocycles. The van der Waals surface area contributed by atoms with Crippen molar-refractivity contribution in [3.63, 3.8) is 0 Å². The summed E-state index contributed by atoms with van der Waals surface area (Å²) >= 11 is 0. The number of nitrogens with zero attached hydrogens (tertiary/aromatic N) is 1. The van der Waals surface area contributed by atoms with Crippen molar-refractivity contribution in [2.45, 2.75) is 20.3 Å². The number of nitrogen functional groups attached to an aromatic ring is 1. The van der Waals surface area contributed by atoms with Gasteiger partial charge in [-0.3, -0.25) is 9.69 Å². The normalized spacial score (nSPS) is 20.0. The van der Waals surface area contributed by atoms with Crippen LogP contribution >= 0.6 is 0 Å². The van der Waals surface area contributed by atoms with Crippen LogP contribution in [0.25, 0.3) is 0 Å². The standard InChI is InChI=1S/C14H21N3O/c1-10-5-6-17(8-10)9-14(18)16-13-7-12(15)4-3-11(13)2/h3-4,7,10H,5-6,8-9,15H2,1-2H3,(H,16,18). The molecular weight excluding hydrogens is 226 g/mol. The molecular formula is C14H21N3O. The number of hydrogen-bond acceptors (Lipinski definition) is 3. The first-order chi connectivity index (χ1) is 8.54. The quantitative estimate of drug-likeness (QED) is 0.801. The first kappa shape index (κ1) is 12.9. The van der Waals surface area contributed by atoms with Gasteiger partial charge >= 0.3 is 0 Å². The molecule has 3 N–H and O–H groups in total. The molecule has 0 aliphatic carbocycles. The monoisotopic (exact) mass is 247 g/mol. The molecule has 1 fully saturated rings. The lowest BCUT2D eigenvalue weighted by Gasteiger charge is -2.15. The van der Waals surface area contributed by atoms with Gasteiger partial charge in [-0.1, -0.05) is 13.0 Å². The maximum Gasteiger partial charge on any atom is 0.238 e. The van der Waals surface area contributed by atoms with E-state index in [0.717, 1.165) is 24.3 Å². The minimum absolute atomic E-state index is 0.0396. The van der Waals surface area contributed by atoms with Gasteiger partial charge in [-0.25, -0.2) is 0 Å². The fourth-order valence-electron chi connectivity index (χ4n) is 2.34. The summed E-state index contributed by atoms with van der Waals surface area (Å²) in [5, 5.41) is 2.93. The molecule has 0 radical (unpaired) electrons. The molecule has 1 aromatic rings. The topological polar surface area (TPSA) is 58.4 Å². The molecule has 4 heteroatoms. The van der Waals surface area contributed by atoms with Crippen LogP contribution in [0.3, 0.4) is 0 Å². The Morgan fingerprint density at radius 1 is 1.56 bits per heavy atom. The van der Waals surface area contributed by atoms with Crippen LogP contribution in [0.4, 0.5) is 11.4 Å². The number of amides is 1. The third kappa shape index (κ3) is 3.23. The molecule has 1 heterocycles. The Kier molecular flexibility index (Phi) is 3.87. The van der Waals surface area contributed by atoms with Gasteiger partial charge < -0.3 is 11.1 Å². The predicted molar refractivity (Wildman–Crippen MR) is 74.4 cm³/mol. The average molecular weight is 247 g/mol. The van der Waals surface area contributed by atoms with E-state index in [2.05, 4.69) is 17.1 Å². The van der Waals surface area contributed by atoms with Gasteiger partial charge in [0, 0.05) is 17.9 Å². The lowest BCUT2D eigenvalue weighted by molar-refractivity contribution is -0.117. The predicted octanol–water partition coefficient (Wildman–Crippen LogP) is 1.86.